The first-order chi connectivity index (χ1) is 5.54. The number of benzene rings is 1. The van der Waals surface area contributed by atoms with Crippen LogP contribution in [0, 0.1) is 0 Å². The van der Waals surface area contributed by atoms with E-state index in [9.17, 15) is 0 Å². The quantitative estimate of drug-likeness (QED) is 0.551. The van der Waals surface area contributed by atoms with E-state index >= 15 is 0 Å². The Bertz CT molecular complexity index is 286. The van der Waals surface area contributed by atoms with Crippen molar-refractivity contribution < 1.29 is 0 Å². The normalized spacial score (nSPS) is 11.2. The standard InChI is InChI=1S/C10H13BrSi/c1-4-9-6-5-7-10(8-9)12(2,3)11/h4-8H,1H2,2-3H3. The molecule has 0 amide bonds. The smallest absolute Gasteiger partial charge is 0.121 e. The van der Waals surface area contributed by atoms with E-state index in [0.29, 0.717) is 0 Å². The summed E-state index contributed by atoms with van der Waals surface area (Å²) >= 11 is 3.75. The van der Waals surface area contributed by atoms with Crippen molar-refractivity contribution in [3.63, 3.8) is 0 Å². The fourth-order valence-electron chi connectivity index (χ4n) is 1.04. The van der Waals surface area contributed by atoms with Crippen LogP contribution < -0.4 is 5.19 Å². The van der Waals surface area contributed by atoms with Crippen molar-refractivity contribution in [3.05, 3.63) is 36.4 Å². The van der Waals surface area contributed by atoms with Crippen LogP contribution in [0.25, 0.3) is 6.08 Å². The molecule has 0 aliphatic heterocycles. The molecule has 0 aromatic heterocycles. The van der Waals surface area contributed by atoms with Gasteiger partial charge in [-0.3, -0.25) is 0 Å². The van der Waals surface area contributed by atoms with Gasteiger partial charge < -0.3 is 0 Å². The molecule has 0 aliphatic rings. The van der Waals surface area contributed by atoms with Gasteiger partial charge in [0.05, 0.1) is 0 Å². The highest BCUT2D eigenvalue weighted by Gasteiger charge is 2.18. The SMILES string of the molecule is C=Cc1cccc([Si](C)(C)Br)c1. The van der Waals surface area contributed by atoms with Crippen LogP contribution in [0.2, 0.25) is 13.1 Å². The van der Waals surface area contributed by atoms with Gasteiger partial charge in [-0.05, 0) is 10.8 Å². The van der Waals surface area contributed by atoms with Crippen molar-refractivity contribution >= 4 is 33.2 Å². The maximum absolute atomic E-state index is 3.75. The summed E-state index contributed by atoms with van der Waals surface area (Å²) in [7, 11) is 0. The van der Waals surface area contributed by atoms with Crippen molar-refractivity contribution in [2.24, 2.45) is 0 Å². The third-order valence-electron chi connectivity index (χ3n) is 1.81. The van der Waals surface area contributed by atoms with Crippen LogP contribution in [0.3, 0.4) is 0 Å². The van der Waals surface area contributed by atoms with Crippen LogP contribution in [-0.2, 0) is 0 Å². The Balaban J connectivity index is 3.10. The Labute approximate surface area is 82.9 Å². The largest absolute Gasteiger partial charge is 0.154 e. The Morgan fingerprint density at radius 2 is 2.08 bits per heavy atom. The van der Waals surface area contributed by atoms with E-state index in [1.54, 1.807) is 0 Å². The molecule has 0 saturated heterocycles. The maximum atomic E-state index is 3.75. The van der Waals surface area contributed by atoms with E-state index in [1.165, 1.54) is 10.8 Å². The van der Waals surface area contributed by atoms with Gasteiger partial charge in [0.15, 0.2) is 6.69 Å². The van der Waals surface area contributed by atoms with Crippen LogP contribution in [0.1, 0.15) is 5.56 Å². The molecule has 0 unspecified atom stereocenters. The van der Waals surface area contributed by atoms with Crippen LogP contribution in [-0.4, -0.2) is 6.69 Å². The second-order valence-corrected chi connectivity index (χ2v) is 12.8. The minimum Gasteiger partial charge on any atom is -0.121 e. The summed E-state index contributed by atoms with van der Waals surface area (Å²) in [5, 5.41) is 1.42. The van der Waals surface area contributed by atoms with Gasteiger partial charge in [0, 0.05) is 0 Å². The highest BCUT2D eigenvalue weighted by Crippen LogP contribution is 2.12. The summed E-state index contributed by atoms with van der Waals surface area (Å²) in [4.78, 5) is 0. The second-order valence-electron chi connectivity index (χ2n) is 3.30. The summed E-state index contributed by atoms with van der Waals surface area (Å²) in [5.41, 5.74) is 1.20. The summed E-state index contributed by atoms with van der Waals surface area (Å²) in [6.45, 7) is 6.98. The zero-order valence-corrected chi connectivity index (χ0v) is 10.1. The topological polar surface area (TPSA) is 0 Å². The summed E-state index contributed by atoms with van der Waals surface area (Å²) in [5.74, 6) is 0. The number of hydrogen-bond donors (Lipinski definition) is 0. The third kappa shape index (κ3) is 2.32. The molecular weight excluding hydrogens is 228 g/mol. The number of hydrogen-bond acceptors (Lipinski definition) is 0. The Morgan fingerprint density at radius 1 is 1.42 bits per heavy atom. The zero-order chi connectivity index (χ0) is 9.19. The van der Waals surface area contributed by atoms with Crippen molar-refractivity contribution in [1.82, 2.24) is 0 Å². The summed E-state index contributed by atoms with van der Waals surface area (Å²) in [6.07, 6.45) is 1.89. The Hall–Kier alpha value is -0.343. The molecule has 0 saturated carbocycles. The molecule has 2 heteroatoms. The first-order valence-corrected chi connectivity index (χ1v) is 9.21. The Kier molecular flexibility index (Phi) is 2.91. The summed E-state index contributed by atoms with van der Waals surface area (Å²) < 4.78 is 0. The van der Waals surface area contributed by atoms with Gasteiger partial charge in [0.2, 0.25) is 0 Å². The van der Waals surface area contributed by atoms with E-state index in [1.807, 2.05) is 6.08 Å². The average Bonchev–Trinajstić information content (AvgIpc) is 2.03. The van der Waals surface area contributed by atoms with Crippen molar-refractivity contribution in [1.29, 1.82) is 0 Å². The Morgan fingerprint density at radius 3 is 2.58 bits per heavy atom. The molecule has 0 bridgehead atoms. The fourth-order valence-corrected chi connectivity index (χ4v) is 2.78. The predicted octanol–water partition coefficient (Wildman–Crippen LogP) is 3.14. The molecule has 0 heterocycles. The van der Waals surface area contributed by atoms with Crippen molar-refractivity contribution in [2.75, 3.05) is 0 Å². The lowest BCUT2D eigenvalue weighted by Crippen LogP contribution is -2.34. The fraction of sp³-hybridized carbons (Fsp3) is 0.200. The van der Waals surface area contributed by atoms with Gasteiger partial charge in [-0.15, -0.1) is 15.3 Å². The van der Waals surface area contributed by atoms with Crippen LogP contribution in [0.15, 0.2) is 30.8 Å². The molecule has 1 aromatic carbocycles. The molecule has 0 N–H and O–H groups in total. The van der Waals surface area contributed by atoms with Gasteiger partial charge in [0.25, 0.3) is 0 Å². The van der Waals surface area contributed by atoms with Gasteiger partial charge in [-0.2, -0.15) is 0 Å². The van der Waals surface area contributed by atoms with Gasteiger partial charge in [0.1, 0.15) is 0 Å². The van der Waals surface area contributed by atoms with Gasteiger partial charge >= 0.3 is 0 Å². The number of rotatable bonds is 2. The molecule has 1 aromatic rings. The lowest BCUT2D eigenvalue weighted by atomic mass is 10.2. The number of halogens is 1. The lowest BCUT2D eigenvalue weighted by molar-refractivity contribution is 1.69. The molecule has 64 valence electrons. The van der Waals surface area contributed by atoms with Gasteiger partial charge in [-0.1, -0.05) is 50.0 Å². The minimum atomic E-state index is -1.32. The first kappa shape index (κ1) is 9.74. The molecule has 0 atom stereocenters. The average molecular weight is 241 g/mol. The van der Waals surface area contributed by atoms with Gasteiger partial charge in [-0.25, -0.2) is 0 Å². The van der Waals surface area contributed by atoms with E-state index in [4.69, 9.17) is 0 Å². The second kappa shape index (κ2) is 3.58. The monoisotopic (exact) mass is 240 g/mol. The molecular formula is C10H13BrSi. The molecule has 0 radical (unpaired) electrons. The van der Waals surface area contributed by atoms with Crippen LogP contribution >= 0.6 is 15.3 Å². The third-order valence-corrected chi connectivity index (χ3v) is 4.87. The van der Waals surface area contributed by atoms with E-state index in [0.717, 1.165) is 0 Å². The van der Waals surface area contributed by atoms with E-state index < -0.39 is 6.69 Å². The molecule has 0 spiro atoms. The van der Waals surface area contributed by atoms with E-state index in [2.05, 4.69) is 59.2 Å². The minimum absolute atomic E-state index is 1.20. The predicted molar refractivity (Wildman–Crippen MR) is 62.6 cm³/mol. The maximum Gasteiger partial charge on any atom is 0.154 e. The molecule has 1 rings (SSSR count). The van der Waals surface area contributed by atoms with Crippen LogP contribution in [0.5, 0.6) is 0 Å². The van der Waals surface area contributed by atoms with E-state index in [-0.39, 0.29) is 0 Å². The van der Waals surface area contributed by atoms with Crippen molar-refractivity contribution in [2.45, 2.75) is 13.1 Å². The molecule has 0 fully saturated rings. The lowest BCUT2D eigenvalue weighted by Gasteiger charge is -2.14. The first-order valence-electron chi connectivity index (χ1n) is 3.96. The van der Waals surface area contributed by atoms with Crippen LogP contribution in [0.4, 0.5) is 0 Å². The molecule has 12 heavy (non-hydrogen) atoms. The molecule has 0 aliphatic carbocycles. The van der Waals surface area contributed by atoms with Crippen molar-refractivity contribution in [3.8, 4) is 0 Å². The summed E-state index contributed by atoms with van der Waals surface area (Å²) in [6, 6.07) is 8.54. The molecule has 0 nitrogen and oxygen atoms in total. The highest BCUT2D eigenvalue weighted by atomic mass is 79.9. The zero-order valence-electron chi connectivity index (χ0n) is 7.47. The highest BCUT2D eigenvalue weighted by molar-refractivity contribution is 9.26.